The molecule has 4 nitrogen and oxygen atoms in total. The Morgan fingerprint density at radius 3 is 2.56 bits per heavy atom. The zero-order chi connectivity index (χ0) is 11.5. The summed E-state index contributed by atoms with van der Waals surface area (Å²) in [6.45, 7) is 0.900. The van der Waals surface area contributed by atoms with Gasteiger partial charge in [-0.1, -0.05) is 0 Å². The van der Waals surface area contributed by atoms with Gasteiger partial charge in [-0.15, -0.1) is 0 Å². The van der Waals surface area contributed by atoms with Crippen LogP contribution in [-0.4, -0.2) is 47.7 Å². The van der Waals surface area contributed by atoms with Gasteiger partial charge in [0, 0.05) is 18.5 Å². The second kappa shape index (κ2) is 5.15. The Morgan fingerprint density at radius 1 is 1.38 bits per heavy atom. The minimum Gasteiger partial charge on any atom is -0.393 e. The van der Waals surface area contributed by atoms with Crippen molar-refractivity contribution < 1.29 is 9.90 Å². The maximum absolute atomic E-state index is 12.1. The van der Waals surface area contributed by atoms with E-state index in [9.17, 15) is 9.90 Å². The SMILES string of the molecule is CNCCCC(=O)N1C2CCC1CC(O)C2. The molecule has 92 valence electrons. The molecule has 1 amide bonds. The van der Waals surface area contributed by atoms with E-state index in [0.717, 1.165) is 38.6 Å². The van der Waals surface area contributed by atoms with E-state index in [2.05, 4.69) is 10.2 Å². The quantitative estimate of drug-likeness (QED) is 0.686. The first-order valence-corrected chi connectivity index (χ1v) is 6.36. The van der Waals surface area contributed by atoms with E-state index in [1.165, 1.54) is 0 Å². The Labute approximate surface area is 97.0 Å². The van der Waals surface area contributed by atoms with Crippen LogP contribution in [0.25, 0.3) is 0 Å². The zero-order valence-electron chi connectivity index (χ0n) is 9.98. The van der Waals surface area contributed by atoms with E-state index in [0.29, 0.717) is 18.5 Å². The van der Waals surface area contributed by atoms with Crippen LogP contribution in [0.4, 0.5) is 0 Å². The predicted molar refractivity (Wildman–Crippen MR) is 62.1 cm³/mol. The molecule has 0 aliphatic carbocycles. The van der Waals surface area contributed by atoms with Crippen LogP contribution in [0.2, 0.25) is 0 Å². The summed E-state index contributed by atoms with van der Waals surface area (Å²) in [6, 6.07) is 0.631. The van der Waals surface area contributed by atoms with Crippen LogP contribution in [0.15, 0.2) is 0 Å². The fourth-order valence-electron chi connectivity index (χ4n) is 3.10. The van der Waals surface area contributed by atoms with Crippen LogP contribution in [0.3, 0.4) is 0 Å². The highest BCUT2D eigenvalue weighted by Crippen LogP contribution is 2.36. The fourth-order valence-corrected chi connectivity index (χ4v) is 3.10. The van der Waals surface area contributed by atoms with Crippen molar-refractivity contribution in [3.8, 4) is 0 Å². The number of nitrogens with zero attached hydrogens (tertiary/aromatic N) is 1. The number of rotatable bonds is 4. The van der Waals surface area contributed by atoms with Crippen molar-refractivity contribution in [1.82, 2.24) is 10.2 Å². The summed E-state index contributed by atoms with van der Waals surface area (Å²) in [5.41, 5.74) is 0. The molecule has 0 aromatic carbocycles. The first-order valence-electron chi connectivity index (χ1n) is 6.36. The molecule has 2 unspecified atom stereocenters. The van der Waals surface area contributed by atoms with Crippen LogP contribution < -0.4 is 5.32 Å². The Kier molecular flexibility index (Phi) is 3.82. The lowest BCUT2D eigenvalue weighted by atomic mass is 9.99. The maximum Gasteiger partial charge on any atom is 0.223 e. The number of piperidine rings is 1. The number of carbonyl (C=O) groups excluding carboxylic acids is 1. The molecule has 2 aliphatic heterocycles. The van der Waals surface area contributed by atoms with E-state index in [1.807, 2.05) is 7.05 Å². The summed E-state index contributed by atoms with van der Waals surface area (Å²) < 4.78 is 0. The molecule has 0 radical (unpaired) electrons. The fraction of sp³-hybridized carbons (Fsp3) is 0.917. The van der Waals surface area contributed by atoms with Crippen molar-refractivity contribution in [2.24, 2.45) is 0 Å². The molecule has 4 heteroatoms. The van der Waals surface area contributed by atoms with E-state index in [-0.39, 0.29) is 12.0 Å². The molecule has 2 rings (SSSR count). The topological polar surface area (TPSA) is 52.6 Å². The third kappa shape index (κ3) is 2.38. The zero-order valence-corrected chi connectivity index (χ0v) is 9.98. The van der Waals surface area contributed by atoms with Crippen molar-refractivity contribution in [3.05, 3.63) is 0 Å². The van der Waals surface area contributed by atoms with Crippen molar-refractivity contribution in [2.75, 3.05) is 13.6 Å². The van der Waals surface area contributed by atoms with Crippen molar-refractivity contribution in [2.45, 2.75) is 56.7 Å². The number of carbonyl (C=O) groups is 1. The standard InChI is InChI=1S/C12H22N2O2/c1-13-6-2-3-12(16)14-9-4-5-10(14)8-11(15)7-9/h9-11,13,15H,2-8H2,1H3. The Morgan fingerprint density at radius 2 is 2.00 bits per heavy atom. The monoisotopic (exact) mass is 226 g/mol. The molecule has 0 aromatic heterocycles. The van der Waals surface area contributed by atoms with Crippen LogP contribution >= 0.6 is 0 Å². The lowest BCUT2D eigenvalue weighted by Crippen LogP contribution is -2.48. The second-order valence-electron chi connectivity index (χ2n) is 5.02. The second-order valence-corrected chi connectivity index (χ2v) is 5.02. The van der Waals surface area contributed by atoms with Gasteiger partial charge < -0.3 is 15.3 Å². The van der Waals surface area contributed by atoms with Crippen molar-refractivity contribution in [1.29, 1.82) is 0 Å². The van der Waals surface area contributed by atoms with Gasteiger partial charge in [-0.25, -0.2) is 0 Å². The normalized spacial score (nSPS) is 33.1. The molecule has 2 saturated heterocycles. The minimum absolute atomic E-state index is 0.182. The molecule has 2 atom stereocenters. The van der Waals surface area contributed by atoms with Gasteiger partial charge in [-0.3, -0.25) is 4.79 Å². The first kappa shape index (κ1) is 11.9. The van der Waals surface area contributed by atoms with E-state index in [1.54, 1.807) is 0 Å². The third-order valence-corrected chi connectivity index (χ3v) is 3.81. The summed E-state index contributed by atoms with van der Waals surface area (Å²) >= 11 is 0. The molecule has 2 heterocycles. The first-order chi connectivity index (χ1) is 7.72. The van der Waals surface area contributed by atoms with Crippen molar-refractivity contribution in [3.63, 3.8) is 0 Å². The minimum atomic E-state index is -0.182. The summed E-state index contributed by atoms with van der Waals surface area (Å²) in [5, 5.41) is 12.7. The average molecular weight is 226 g/mol. The lowest BCUT2D eigenvalue weighted by molar-refractivity contribution is -0.137. The summed E-state index contributed by atoms with van der Waals surface area (Å²) in [5.74, 6) is 0.287. The molecule has 2 aliphatic rings. The molecule has 0 saturated carbocycles. The molecule has 0 aromatic rings. The van der Waals surface area contributed by atoms with Crippen molar-refractivity contribution >= 4 is 5.91 Å². The number of amides is 1. The maximum atomic E-state index is 12.1. The summed E-state index contributed by atoms with van der Waals surface area (Å²) in [6.07, 6.45) is 5.11. The van der Waals surface area contributed by atoms with Crippen LogP contribution in [0, 0.1) is 0 Å². The van der Waals surface area contributed by atoms with Crippen LogP contribution in [0.5, 0.6) is 0 Å². The van der Waals surface area contributed by atoms with Crippen LogP contribution in [0.1, 0.15) is 38.5 Å². The number of hydrogen-bond donors (Lipinski definition) is 2. The Bertz CT molecular complexity index is 243. The molecular weight excluding hydrogens is 204 g/mol. The van der Waals surface area contributed by atoms with Gasteiger partial charge >= 0.3 is 0 Å². The molecule has 0 spiro atoms. The highest BCUT2D eigenvalue weighted by Gasteiger charge is 2.42. The van der Waals surface area contributed by atoms with Gasteiger partial charge in [0.1, 0.15) is 0 Å². The Balaban J connectivity index is 1.87. The molecular formula is C12H22N2O2. The third-order valence-electron chi connectivity index (χ3n) is 3.81. The number of aliphatic hydroxyl groups excluding tert-OH is 1. The summed E-state index contributed by atoms with van der Waals surface area (Å²) in [7, 11) is 1.91. The van der Waals surface area contributed by atoms with Gasteiger partial charge in [0.05, 0.1) is 6.10 Å². The molecule has 2 bridgehead atoms. The largest absolute Gasteiger partial charge is 0.393 e. The van der Waals surface area contributed by atoms with Gasteiger partial charge in [-0.05, 0) is 45.7 Å². The van der Waals surface area contributed by atoms with E-state index < -0.39 is 0 Å². The number of aliphatic hydroxyl groups is 1. The van der Waals surface area contributed by atoms with Gasteiger partial charge in [-0.2, -0.15) is 0 Å². The van der Waals surface area contributed by atoms with Gasteiger partial charge in [0.2, 0.25) is 5.91 Å². The highest BCUT2D eigenvalue weighted by atomic mass is 16.3. The highest BCUT2D eigenvalue weighted by molar-refractivity contribution is 5.77. The van der Waals surface area contributed by atoms with Gasteiger partial charge in [0.15, 0.2) is 0 Å². The number of hydrogen-bond acceptors (Lipinski definition) is 3. The lowest BCUT2D eigenvalue weighted by Gasteiger charge is -2.37. The van der Waals surface area contributed by atoms with Crippen LogP contribution in [-0.2, 0) is 4.79 Å². The number of nitrogens with one attached hydrogen (secondary N) is 1. The number of fused-ring (bicyclic) bond motifs is 2. The Hall–Kier alpha value is -0.610. The van der Waals surface area contributed by atoms with Gasteiger partial charge in [0.25, 0.3) is 0 Å². The predicted octanol–water partition coefficient (Wildman–Crippen LogP) is 0.500. The summed E-state index contributed by atoms with van der Waals surface area (Å²) in [4.78, 5) is 14.1. The van der Waals surface area contributed by atoms with E-state index in [4.69, 9.17) is 0 Å². The average Bonchev–Trinajstić information content (AvgIpc) is 2.52. The smallest absolute Gasteiger partial charge is 0.223 e. The molecule has 16 heavy (non-hydrogen) atoms. The molecule has 2 N–H and O–H groups in total. The molecule has 2 fully saturated rings. The van der Waals surface area contributed by atoms with E-state index >= 15 is 0 Å².